The number of ether oxygens (including phenoxy) is 2. The molecule has 2 aliphatic carbocycles. The summed E-state index contributed by atoms with van der Waals surface area (Å²) in [4.78, 5) is 0. The van der Waals surface area contributed by atoms with Crippen molar-refractivity contribution in [3.63, 3.8) is 0 Å². The highest BCUT2D eigenvalue weighted by Crippen LogP contribution is 2.55. The minimum Gasteiger partial charge on any atom is -0.505 e. The summed E-state index contributed by atoms with van der Waals surface area (Å²) in [6.07, 6.45) is 5.10. The topological polar surface area (TPSA) is 68.8 Å². The number of benzene rings is 6. The van der Waals surface area contributed by atoms with Crippen molar-refractivity contribution in [2.24, 2.45) is 16.2 Å². The van der Waals surface area contributed by atoms with E-state index in [-0.39, 0.29) is 92.2 Å². The van der Waals surface area contributed by atoms with Crippen LogP contribution in [-0.4, -0.2) is 44.0 Å². The minimum atomic E-state index is -2.06. The minimum absolute atomic E-state index is 0.0529. The normalized spacial score (nSPS) is 18.6. The van der Waals surface area contributed by atoms with E-state index in [0.717, 1.165) is 72.4 Å². The van der Waals surface area contributed by atoms with Crippen molar-refractivity contribution in [2.45, 2.75) is 217 Å². The summed E-state index contributed by atoms with van der Waals surface area (Å²) in [5.41, 5.74) is 7.42. The Morgan fingerprint density at radius 3 is 1.44 bits per heavy atom. The van der Waals surface area contributed by atoms with Gasteiger partial charge in [0.05, 0.1) is 34.4 Å². The monoisotopic (exact) mass is 1230 g/mol. The zero-order chi connectivity index (χ0) is 66.9. The van der Waals surface area contributed by atoms with Crippen molar-refractivity contribution >= 4 is 60.5 Å². The maximum absolute atomic E-state index is 19.1. The van der Waals surface area contributed by atoms with E-state index in [4.69, 9.17) is 9.47 Å². The summed E-state index contributed by atoms with van der Waals surface area (Å²) in [5, 5.41) is 30.3. The summed E-state index contributed by atoms with van der Waals surface area (Å²) < 4.78 is 69.3. The first kappa shape index (κ1) is 67.1. The van der Waals surface area contributed by atoms with Gasteiger partial charge in [0.25, 0.3) is 0 Å². The first-order chi connectivity index (χ1) is 41.8. The summed E-state index contributed by atoms with van der Waals surface area (Å²) in [6, 6.07) is 37.1. The largest absolute Gasteiger partial charge is 0.505 e. The number of hydrogen-bond donors (Lipinski definition) is 2. The molecule has 0 bridgehead atoms. The van der Waals surface area contributed by atoms with Crippen LogP contribution in [0.1, 0.15) is 217 Å². The summed E-state index contributed by atoms with van der Waals surface area (Å²) in [5.74, 6) is -3.69. The number of rotatable bonds is 13. The quantitative estimate of drug-likeness (QED) is 0.0892. The maximum atomic E-state index is 19.1. The lowest BCUT2D eigenvalue weighted by Gasteiger charge is -2.45. The van der Waals surface area contributed by atoms with Crippen LogP contribution in [0.3, 0.4) is 0 Å². The Bertz CT molecular complexity index is 4160. The van der Waals surface area contributed by atoms with Crippen LogP contribution >= 0.6 is 0 Å². The van der Waals surface area contributed by atoms with E-state index in [0.29, 0.717) is 17.7 Å². The van der Waals surface area contributed by atoms with E-state index in [2.05, 4.69) is 228 Å². The molecule has 2 aromatic heterocycles. The molecule has 2 aliphatic rings. The molecular weight excluding hydrogens is 1130 g/mol. The second-order valence-corrected chi connectivity index (χ2v) is 34.5. The second kappa shape index (κ2) is 22.7. The molecule has 0 amide bonds. The van der Waals surface area contributed by atoms with Crippen molar-refractivity contribution in [2.75, 3.05) is 13.2 Å². The third-order valence-electron chi connectivity index (χ3n) is 19.1. The molecule has 9 heteroatoms. The molecule has 2 atom stereocenters. The summed E-state index contributed by atoms with van der Waals surface area (Å²) in [6.45, 7) is 47.3. The Labute approximate surface area is 540 Å². The van der Waals surface area contributed by atoms with E-state index in [1.165, 1.54) is 35.4 Å². The SMILES string of the molecule is CC(C)(C)CC(C)(C)c1cc(C2=CC(F)=CCC2(O)OCCOc2c(F)cccc2C2=CC(F)(C(C)(C)CC(C)(C)C)CC(n3c4ccc(C(C)(C)C)cc4c4cc(C(C)(C)C)ccc43)=C2O)cc(-n2c3ccc(C(C)(C)C)cc3c3cc(C(C)(C)C)ccc32)c1. The smallest absolute Gasteiger partial charge is 0.196 e. The number of allylic oxidation sites excluding steroid dienone is 5. The van der Waals surface area contributed by atoms with Gasteiger partial charge in [-0.25, -0.2) is 13.2 Å². The number of alkyl halides is 1. The van der Waals surface area contributed by atoms with Gasteiger partial charge >= 0.3 is 0 Å². The number of para-hydroxylation sites is 1. The lowest BCUT2D eigenvalue weighted by atomic mass is 9.64. The number of nitrogens with zero attached hydrogens (tertiary/aromatic N) is 2. The van der Waals surface area contributed by atoms with E-state index in [9.17, 15) is 10.2 Å². The van der Waals surface area contributed by atoms with Gasteiger partial charge in [0.1, 0.15) is 23.9 Å². The van der Waals surface area contributed by atoms with Gasteiger partial charge in [0.2, 0.25) is 0 Å². The Morgan fingerprint density at radius 1 is 0.527 bits per heavy atom. The predicted molar refractivity (Wildman–Crippen MR) is 377 cm³/mol. The summed E-state index contributed by atoms with van der Waals surface area (Å²) in [7, 11) is 0. The van der Waals surface area contributed by atoms with Crippen molar-refractivity contribution in [1.29, 1.82) is 0 Å². The van der Waals surface area contributed by atoms with E-state index in [1.54, 1.807) is 12.1 Å². The molecule has 0 fully saturated rings. The standard InChI is InChI=1S/C82H101F3N2O4/c1-73(2,3)48-79(19,20)55-38-50(39-57(40-55)86-66-30-26-51(75(7,8)9)41-59(66)60-42-52(76(10,11)12)27-31-67(60)86)64-45-56(83)34-35-82(64,89)91-37-36-90-72-58(24-23-25-65(72)84)63-46-81(85,80(21,22)49-74(4,5)6)47-70(71(63)88)87-68-32-28-53(77(13,14)15)43-61(68)62-44-54(78(16,17)18)29-33-69(62)87/h23-34,38-46,88-89H,35-37,47-49H2,1-22H3. The van der Waals surface area contributed by atoms with Gasteiger partial charge in [0.15, 0.2) is 17.4 Å². The molecule has 10 rings (SSSR count). The first-order valence-corrected chi connectivity index (χ1v) is 32.8. The molecule has 6 aromatic carbocycles. The van der Waals surface area contributed by atoms with Crippen LogP contribution in [-0.2, 0) is 31.8 Å². The van der Waals surface area contributed by atoms with Crippen LogP contribution in [0.4, 0.5) is 13.2 Å². The molecule has 8 aromatic rings. The average molecular weight is 1240 g/mol. The van der Waals surface area contributed by atoms with Crippen molar-refractivity contribution in [3.8, 4) is 11.4 Å². The molecule has 0 radical (unpaired) electrons. The van der Waals surface area contributed by atoms with Crippen LogP contribution < -0.4 is 4.74 Å². The highest BCUT2D eigenvalue weighted by molar-refractivity contribution is 6.12. The fourth-order valence-electron chi connectivity index (χ4n) is 14.6. The number of aromatic nitrogens is 2. The van der Waals surface area contributed by atoms with Gasteiger partial charge < -0.3 is 28.8 Å². The lowest BCUT2D eigenvalue weighted by molar-refractivity contribution is -0.160. The van der Waals surface area contributed by atoms with Crippen molar-refractivity contribution in [1.82, 2.24) is 9.13 Å². The molecule has 484 valence electrons. The second-order valence-electron chi connectivity index (χ2n) is 34.5. The van der Waals surface area contributed by atoms with Gasteiger partial charge in [-0.1, -0.05) is 195 Å². The van der Waals surface area contributed by atoms with Crippen LogP contribution in [0.5, 0.6) is 5.75 Å². The fourth-order valence-corrected chi connectivity index (χ4v) is 14.6. The first-order valence-electron chi connectivity index (χ1n) is 32.8. The van der Waals surface area contributed by atoms with Gasteiger partial charge in [-0.3, -0.25) is 0 Å². The van der Waals surface area contributed by atoms with E-state index in [1.807, 2.05) is 24.5 Å². The van der Waals surface area contributed by atoms with Gasteiger partial charge in [-0.15, -0.1) is 0 Å². The highest BCUT2D eigenvalue weighted by Gasteiger charge is 2.50. The van der Waals surface area contributed by atoms with Gasteiger partial charge in [-0.2, -0.15) is 0 Å². The molecule has 0 spiro atoms. The van der Waals surface area contributed by atoms with Crippen LogP contribution in [0.15, 0.2) is 139 Å². The average Bonchev–Trinajstić information content (AvgIpc) is 1.53. The fraction of sp³-hybridized carbons (Fsp3) is 0.463. The third-order valence-corrected chi connectivity index (χ3v) is 19.1. The molecule has 0 saturated carbocycles. The lowest BCUT2D eigenvalue weighted by Crippen LogP contribution is -2.43. The van der Waals surface area contributed by atoms with Crippen LogP contribution in [0.25, 0.3) is 66.1 Å². The van der Waals surface area contributed by atoms with Crippen LogP contribution in [0, 0.1) is 22.1 Å². The molecule has 2 heterocycles. The molecule has 2 N–H and O–H groups in total. The highest BCUT2D eigenvalue weighted by atomic mass is 19.1. The summed E-state index contributed by atoms with van der Waals surface area (Å²) >= 11 is 0. The molecule has 0 aliphatic heterocycles. The maximum Gasteiger partial charge on any atom is 0.196 e. The molecule has 2 unspecified atom stereocenters. The molecule has 91 heavy (non-hydrogen) atoms. The number of aliphatic hydroxyl groups excluding tert-OH is 1. The van der Waals surface area contributed by atoms with Crippen molar-refractivity contribution in [3.05, 3.63) is 184 Å². The Kier molecular flexibility index (Phi) is 16.8. The van der Waals surface area contributed by atoms with Gasteiger partial charge in [0, 0.05) is 62.2 Å². The Hall–Kier alpha value is -6.81. The predicted octanol–water partition coefficient (Wildman–Crippen LogP) is 22.7. The van der Waals surface area contributed by atoms with E-state index < -0.39 is 28.5 Å². The van der Waals surface area contributed by atoms with Crippen LogP contribution in [0.2, 0.25) is 0 Å². The van der Waals surface area contributed by atoms with Gasteiger partial charge in [-0.05, 0) is 169 Å². The zero-order valence-corrected chi connectivity index (χ0v) is 58.6. The number of halogens is 3. The molecule has 6 nitrogen and oxygen atoms in total. The number of aliphatic hydroxyl groups is 2. The Balaban J connectivity index is 1.06. The molecule has 0 saturated heterocycles. The number of hydrogen-bond acceptors (Lipinski definition) is 4. The third kappa shape index (κ3) is 13.2. The Morgan fingerprint density at radius 2 is 0.989 bits per heavy atom. The van der Waals surface area contributed by atoms with E-state index >= 15 is 13.2 Å². The zero-order valence-electron chi connectivity index (χ0n) is 58.6. The van der Waals surface area contributed by atoms with Crippen molar-refractivity contribution < 1.29 is 32.9 Å². The number of fused-ring (bicyclic) bond motifs is 6. The molecular formula is C82H101F3N2O4.